The molecule has 1 heterocycles. The number of benzene rings is 1. The Labute approximate surface area is 142 Å². The Balaban J connectivity index is 1.85. The first-order valence-electron chi connectivity index (χ1n) is 8.40. The summed E-state index contributed by atoms with van der Waals surface area (Å²) in [5, 5.41) is 0. The van der Waals surface area contributed by atoms with Gasteiger partial charge in [0, 0.05) is 13.1 Å². The van der Waals surface area contributed by atoms with Gasteiger partial charge in [-0.15, -0.1) is 0 Å². The zero-order valence-electron chi connectivity index (χ0n) is 14.4. The minimum absolute atomic E-state index is 0.00991. The van der Waals surface area contributed by atoms with Crippen molar-refractivity contribution in [1.29, 1.82) is 0 Å². The smallest absolute Gasteiger partial charge is 0.260 e. The van der Waals surface area contributed by atoms with Crippen molar-refractivity contribution < 1.29 is 19.1 Å². The second-order valence-corrected chi connectivity index (χ2v) is 6.16. The van der Waals surface area contributed by atoms with Crippen LogP contribution in [0.4, 0.5) is 0 Å². The van der Waals surface area contributed by atoms with Crippen LogP contribution in [0.25, 0.3) is 0 Å². The molecule has 24 heavy (non-hydrogen) atoms. The van der Waals surface area contributed by atoms with E-state index in [1.165, 1.54) is 0 Å². The molecule has 1 aromatic carbocycles. The molecule has 2 atom stereocenters. The summed E-state index contributed by atoms with van der Waals surface area (Å²) in [6.45, 7) is 5.26. The minimum atomic E-state index is -0.496. The van der Waals surface area contributed by atoms with E-state index in [-0.39, 0.29) is 25.2 Å². The molecule has 0 aliphatic carbocycles. The molecular formula is C18H26N2O4. The average Bonchev–Trinajstić information content (AvgIpc) is 3.06. The molecule has 6 nitrogen and oxygen atoms in total. The number of carbonyl (C=O) groups is 2. The van der Waals surface area contributed by atoms with Crippen LogP contribution in [0.5, 0.6) is 5.75 Å². The van der Waals surface area contributed by atoms with Crippen LogP contribution >= 0.6 is 0 Å². The lowest BCUT2D eigenvalue weighted by molar-refractivity contribution is -0.133. The molecular weight excluding hydrogens is 308 g/mol. The summed E-state index contributed by atoms with van der Waals surface area (Å²) >= 11 is 0. The molecule has 0 saturated carbocycles. The van der Waals surface area contributed by atoms with Crippen LogP contribution in [0.1, 0.15) is 38.2 Å². The predicted octanol–water partition coefficient (Wildman–Crippen LogP) is 1.68. The van der Waals surface area contributed by atoms with E-state index >= 15 is 0 Å². The van der Waals surface area contributed by atoms with Crippen LogP contribution in [0.2, 0.25) is 0 Å². The lowest BCUT2D eigenvalue weighted by Gasteiger charge is -2.19. The van der Waals surface area contributed by atoms with Gasteiger partial charge in [-0.25, -0.2) is 0 Å². The fourth-order valence-corrected chi connectivity index (χ4v) is 2.76. The first-order chi connectivity index (χ1) is 11.5. The van der Waals surface area contributed by atoms with E-state index in [1.807, 2.05) is 24.3 Å². The van der Waals surface area contributed by atoms with E-state index in [0.717, 1.165) is 17.7 Å². The fraction of sp³-hybridized carbons (Fsp3) is 0.556. The quantitative estimate of drug-likeness (QED) is 0.784. The SMILES string of the molecule is CC[C@H](C)c1ccccc1OCC(=O)N1CC[C@@H](OCC(N)=O)C1. The van der Waals surface area contributed by atoms with Gasteiger partial charge in [0.15, 0.2) is 6.61 Å². The van der Waals surface area contributed by atoms with Crippen molar-refractivity contribution >= 4 is 11.8 Å². The molecule has 1 fully saturated rings. The van der Waals surface area contributed by atoms with Crippen LogP contribution in [-0.4, -0.2) is 49.1 Å². The van der Waals surface area contributed by atoms with Crippen molar-refractivity contribution in [3.8, 4) is 5.75 Å². The summed E-state index contributed by atoms with van der Waals surface area (Å²) in [5.41, 5.74) is 6.18. The second kappa shape index (κ2) is 8.68. The zero-order valence-corrected chi connectivity index (χ0v) is 14.4. The molecule has 0 bridgehead atoms. The lowest BCUT2D eigenvalue weighted by Crippen LogP contribution is -2.34. The van der Waals surface area contributed by atoms with E-state index in [4.69, 9.17) is 15.2 Å². The van der Waals surface area contributed by atoms with Gasteiger partial charge in [0.1, 0.15) is 12.4 Å². The normalized spacial score (nSPS) is 18.4. The summed E-state index contributed by atoms with van der Waals surface area (Å²) in [4.78, 5) is 24.8. The lowest BCUT2D eigenvalue weighted by atomic mass is 9.98. The Morgan fingerprint density at radius 1 is 1.33 bits per heavy atom. The van der Waals surface area contributed by atoms with Crippen molar-refractivity contribution in [1.82, 2.24) is 4.90 Å². The molecule has 2 rings (SSSR count). The summed E-state index contributed by atoms with van der Waals surface area (Å²) in [6.07, 6.45) is 1.59. The summed E-state index contributed by atoms with van der Waals surface area (Å²) in [6, 6.07) is 7.83. The van der Waals surface area contributed by atoms with E-state index in [9.17, 15) is 9.59 Å². The van der Waals surface area contributed by atoms with Crippen LogP contribution in [0, 0.1) is 0 Å². The molecule has 1 saturated heterocycles. The molecule has 1 aliphatic heterocycles. The number of hydrogen-bond acceptors (Lipinski definition) is 4. The largest absolute Gasteiger partial charge is 0.483 e. The van der Waals surface area contributed by atoms with Crippen LogP contribution in [0.3, 0.4) is 0 Å². The molecule has 0 unspecified atom stereocenters. The van der Waals surface area contributed by atoms with Gasteiger partial charge in [-0.1, -0.05) is 32.0 Å². The van der Waals surface area contributed by atoms with Crippen LogP contribution in [-0.2, 0) is 14.3 Å². The Morgan fingerprint density at radius 3 is 2.79 bits per heavy atom. The topological polar surface area (TPSA) is 81.9 Å². The number of ether oxygens (including phenoxy) is 2. The van der Waals surface area contributed by atoms with Gasteiger partial charge < -0.3 is 20.1 Å². The first kappa shape index (κ1) is 18.3. The van der Waals surface area contributed by atoms with Gasteiger partial charge in [-0.2, -0.15) is 0 Å². The highest BCUT2D eigenvalue weighted by molar-refractivity contribution is 5.78. The van der Waals surface area contributed by atoms with Crippen molar-refractivity contribution in [3.63, 3.8) is 0 Å². The Kier molecular flexibility index (Phi) is 6.61. The maximum atomic E-state index is 12.3. The molecule has 2 amide bonds. The van der Waals surface area contributed by atoms with Crippen LogP contribution in [0.15, 0.2) is 24.3 Å². The number of amides is 2. The Morgan fingerprint density at radius 2 is 2.08 bits per heavy atom. The zero-order chi connectivity index (χ0) is 17.5. The summed E-state index contributed by atoms with van der Waals surface area (Å²) < 4.78 is 11.1. The van der Waals surface area contributed by atoms with Gasteiger partial charge in [-0.05, 0) is 30.4 Å². The van der Waals surface area contributed by atoms with Crippen molar-refractivity contribution in [2.24, 2.45) is 5.73 Å². The highest BCUT2D eigenvalue weighted by Gasteiger charge is 2.27. The van der Waals surface area contributed by atoms with Gasteiger partial charge in [0.05, 0.1) is 6.10 Å². The van der Waals surface area contributed by atoms with Gasteiger partial charge >= 0.3 is 0 Å². The molecule has 6 heteroatoms. The second-order valence-electron chi connectivity index (χ2n) is 6.16. The highest BCUT2D eigenvalue weighted by atomic mass is 16.5. The monoisotopic (exact) mass is 334 g/mol. The van der Waals surface area contributed by atoms with E-state index in [2.05, 4.69) is 13.8 Å². The number of nitrogens with two attached hydrogens (primary N) is 1. The first-order valence-corrected chi connectivity index (χ1v) is 8.40. The van der Waals surface area contributed by atoms with E-state index < -0.39 is 5.91 Å². The molecule has 0 radical (unpaired) electrons. The third-order valence-corrected chi connectivity index (χ3v) is 4.37. The number of primary amides is 1. The molecule has 132 valence electrons. The van der Waals surface area contributed by atoms with Gasteiger partial charge in [0.25, 0.3) is 5.91 Å². The van der Waals surface area contributed by atoms with Gasteiger partial charge in [0.2, 0.25) is 5.91 Å². The minimum Gasteiger partial charge on any atom is -0.483 e. The number of carbonyl (C=O) groups excluding carboxylic acids is 2. The van der Waals surface area contributed by atoms with Crippen molar-refractivity contribution in [3.05, 3.63) is 29.8 Å². The molecule has 1 aliphatic rings. The van der Waals surface area contributed by atoms with E-state index in [0.29, 0.717) is 25.4 Å². The van der Waals surface area contributed by atoms with Crippen LogP contribution < -0.4 is 10.5 Å². The number of likely N-dealkylation sites (tertiary alicyclic amines) is 1. The standard InChI is InChI=1S/C18H26N2O4/c1-3-13(2)15-6-4-5-7-16(15)24-12-18(22)20-9-8-14(10-20)23-11-17(19)21/h4-7,13-14H,3,8-12H2,1-2H3,(H2,19,21)/t13-,14+/m0/s1. The third-order valence-electron chi connectivity index (χ3n) is 4.37. The van der Waals surface area contributed by atoms with E-state index in [1.54, 1.807) is 4.90 Å². The summed E-state index contributed by atoms with van der Waals surface area (Å²) in [5.74, 6) is 0.583. The number of hydrogen-bond donors (Lipinski definition) is 1. The highest BCUT2D eigenvalue weighted by Crippen LogP contribution is 2.28. The number of rotatable bonds is 8. The fourth-order valence-electron chi connectivity index (χ4n) is 2.76. The van der Waals surface area contributed by atoms with Crippen molar-refractivity contribution in [2.45, 2.75) is 38.7 Å². The molecule has 0 spiro atoms. The number of para-hydroxylation sites is 1. The third kappa shape index (κ3) is 4.96. The van der Waals surface area contributed by atoms with Gasteiger partial charge in [-0.3, -0.25) is 9.59 Å². The average molecular weight is 334 g/mol. The molecule has 2 N–H and O–H groups in total. The molecule has 0 aromatic heterocycles. The maximum Gasteiger partial charge on any atom is 0.260 e. The molecule has 1 aromatic rings. The number of nitrogens with zero attached hydrogens (tertiary/aromatic N) is 1. The Hall–Kier alpha value is -2.08. The van der Waals surface area contributed by atoms with Crippen molar-refractivity contribution in [2.75, 3.05) is 26.3 Å². The predicted molar refractivity (Wildman–Crippen MR) is 90.8 cm³/mol. The summed E-state index contributed by atoms with van der Waals surface area (Å²) in [7, 11) is 0. The maximum absolute atomic E-state index is 12.3. The Bertz CT molecular complexity index is 576.